The van der Waals surface area contributed by atoms with Crippen LogP contribution in [0.5, 0.6) is 0 Å². The number of rotatable bonds is 0. The molecule has 2 nitrogen and oxygen atoms in total. The van der Waals surface area contributed by atoms with E-state index in [-0.39, 0.29) is 0 Å². The van der Waals surface area contributed by atoms with E-state index in [0.717, 1.165) is 11.5 Å². The van der Waals surface area contributed by atoms with E-state index in [1.807, 2.05) is 13.8 Å². The fourth-order valence-corrected chi connectivity index (χ4v) is 0.539. The summed E-state index contributed by atoms with van der Waals surface area (Å²) in [6, 6.07) is 0. The van der Waals surface area contributed by atoms with Crippen LogP contribution in [0.25, 0.3) is 0 Å². The summed E-state index contributed by atoms with van der Waals surface area (Å²) in [5, 5.41) is 0. The minimum atomic E-state index is 0.500. The molecular formula is C6H8NO. The first-order valence-electron chi connectivity index (χ1n) is 2.46. The van der Waals surface area contributed by atoms with Crippen molar-refractivity contribution < 1.29 is 4.42 Å². The minimum Gasteiger partial charge on any atom is -0.446 e. The molecule has 1 rings (SSSR count). The molecule has 0 spiro atoms. The number of hydrogen-bond donors (Lipinski definition) is 0. The monoisotopic (exact) mass is 110 g/mol. The molecule has 0 atom stereocenters. The van der Waals surface area contributed by atoms with Gasteiger partial charge in [0.05, 0.1) is 5.69 Å². The molecule has 0 saturated carbocycles. The highest BCUT2D eigenvalue weighted by atomic mass is 16.4. The molecule has 0 N–H and O–H groups in total. The van der Waals surface area contributed by atoms with E-state index >= 15 is 0 Å². The first kappa shape index (κ1) is 5.35. The van der Waals surface area contributed by atoms with E-state index in [4.69, 9.17) is 4.42 Å². The Morgan fingerprint density at radius 2 is 2.12 bits per heavy atom. The van der Waals surface area contributed by atoms with Gasteiger partial charge in [0.2, 0.25) is 0 Å². The van der Waals surface area contributed by atoms with Gasteiger partial charge in [0.1, 0.15) is 5.76 Å². The maximum absolute atomic E-state index is 4.99. The molecule has 0 fully saturated rings. The van der Waals surface area contributed by atoms with Crippen molar-refractivity contribution in [1.82, 2.24) is 4.98 Å². The molecule has 2 heteroatoms. The van der Waals surface area contributed by atoms with Crippen LogP contribution < -0.4 is 0 Å². The van der Waals surface area contributed by atoms with Crippen LogP contribution in [0.3, 0.4) is 0 Å². The Kier molecular flexibility index (Phi) is 1.08. The summed E-state index contributed by atoms with van der Waals surface area (Å²) in [4.78, 5) is 3.93. The van der Waals surface area contributed by atoms with Crippen molar-refractivity contribution in [2.24, 2.45) is 0 Å². The lowest BCUT2D eigenvalue weighted by atomic mass is 10.4. The van der Waals surface area contributed by atoms with Crippen molar-refractivity contribution in [2.75, 3.05) is 0 Å². The van der Waals surface area contributed by atoms with Gasteiger partial charge in [-0.15, -0.1) is 0 Å². The summed E-state index contributed by atoms with van der Waals surface area (Å²) >= 11 is 0. The van der Waals surface area contributed by atoms with Gasteiger partial charge in [-0.2, -0.15) is 0 Å². The zero-order valence-electron chi connectivity index (χ0n) is 5.06. The SMILES string of the molecule is [CH2]c1nc(C)c(C)o1. The zero-order chi connectivity index (χ0) is 6.15. The zero-order valence-corrected chi connectivity index (χ0v) is 5.06. The Bertz CT molecular complexity index is 171. The Morgan fingerprint density at radius 3 is 2.25 bits per heavy atom. The molecular weight excluding hydrogens is 102 g/mol. The fraction of sp³-hybridized carbons (Fsp3) is 0.333. The van der Waals surface area contributed by atoms with Gasteiger partial charge in [-0.05, 0) is 13.8 Å². The molecule has 0 bridgehead atoms. The quantitative estimate of drug-likeness (QED) is 0.505. The highest BCUT2D eigenvalue weighted by Crippen LogP contribution is 2.05. The lowest BCUT2D eigenvalue weighted by molar-refractivity contribution is 0.507. The third kappa shape index (κ3) is 0.735. The molecule has 0 aliphatic heterocycles. The summed E-state index contributed by atoms with van der Waals surface area (Å²) in [7, 11) is 0. The summed E-state index contributed by atoms with van der Waals surface area (Å²) in [6.07, 6.45) is 0. The molecule has 43 valence electrons. The molecule has 0 aliphatic rings. The lowest BCUT2D eigenvalue weighted by Crippen LogP contribution is -1.71. The van der Waals surface area contributed by atoms with Gasteiger partial charge in [-0.1, -0.05) is 0 Å². The second-order valence-corrected chi connectivity index (χ2v) is 1.75. The minimum absolute atomic E-state index is 0.500. The van der Waals surface area contributed by atoms with Crippen LogP contribution in [0, 0.1) is 20.8 Å². The molecule has 0 aliphatic carbocycles. The van der Waals surface area contributed by atoms with Crippen molar-refractivity contribution in [3.63, 3.8) is 0 Å². The molecule has 0 amide bonds. The number of hydrogen-bond acceptors (Lipinski definition) is 2. The summed E-state index contributed by atoms with van der Waals surface area (Å²) < 4.78 is 4.99. The second-order valence-electron chi connectivity index (χ2n) is 1.75. The van der Waals surface area contributed by atoms with Crippen LogP contribution in [0.15, 0.2) is 4.42 Å². The van der Waals surface area contributed by atoms with Crippen molar-refractivity contribution >= 4 is 0 Å². The van der Waals surface area contributed by atoms with E-state index in [1.54, 1.807) is 0 Å². The van der Waals surface area contributed by atoms with Crippen LogP contribution in [0.1, 0.15) is 17.3 Å². The standard InChI is InChI=1S/C6H8NO/c1-4-5(2)8-6(3)7-4/h3H2,1-2H3. The number of aryl methyl sites for hydroxylation is 2. The van der Waals surface area contributed by atoms with Crippen molar-refractivity contribution in [3.05, 3.63) is 24.3 Å². The third-order valence-electron chi connectivity index (χ3n) is 1.07. The van der Waals surface area contributed by atoms with Crippen molar-refractivity contribution in [2.45, 2.75) is 13.8 Å². The van der Waals surface area contributed by atoms with Gasteiger partial charge >= 0.3 is 0 Å². The molecule has 1 aromatic heterocycles. The van der Waals surface area contributed by atoms with Crippen LogP contribution in [0.4, 0.5) is 0 Å². The largest absolute Gasteiger partial charge is 0.446 e. The van der Waals surface area contributed by atoms with Crippen LogP contribution in [-0.4, -0.2) is 4.98 Å². The number of oxazole rings is 1. The summed E-state index contributed by atoms with van der Waals surface area (Å²) in [5.41, 5.74) is 0.926. The van der Waals surface area contributed by atoms with Gasteiger partial charge < -0.3 is 4.42 Å². The molecule has 0 saturated heterocycles. The maximum atomic E-state index is 4.99. The van der Waals surface area contributed by atoms with Crippen LogP contribution in [-0.2, 0) is 0 Å². The van der Waals surface area contributed by atoms with Crippen LogP contribution in [0.2, 0.25) is 0 Å². The number of nitrogens with zero attached hydrogens (tertiary/aromatic N) is 1. The molecule has 0 aromatic carbocycles. The maximum Gasteiger partial charge on any atom is 0.195 e. The second kappa shape index (κ2) is 1.62. The Morgan fingerprint density at radius 1 is 1.50 bits per heavy atom. The summed E-state index contributed by atoms with van der Waals surface area (Å²) in [6.45, 7) is 7.29. The highest BCUT2D eigenvalue weighted by molar-refractivity contribution is 5.06. The van der Waals surface area contributed by atoms with Gasteiger partial charge in [0.25, 0.3) is 0 Å². The number of aromatic nitrogens is 1. The van der Waals surface area contributed by atoms with E-state index in [0.29, 0.717) is 5.89 Å². The lowest BCUT2D eigenvalue weighted by Gasteiger charge is -1.77. The van der Waals surface area contributed by atoms with Gasteiger partial charge in [0, 0.05) is 6.92 Å². The average molecular weight is 110 g/mol. The first-order chi connectivity index (χ1) is 3.70. The smallest absolute Gasteiger partial charge is 0.195 e. The Hall–Kier alpha value is -0.790. The average Bonchev–Trinajstić information content (AvgIpc) is 1.85. The third-order valence-corrected chi connectivity index (χ3v) is 1.07. The summed E-state index contributed by atoms with van der Waals surface area (Å²) in [5.74, 6) is 1.36. The van der Waals surface area contributed by atoms with E-state index in [2.05, 4.69) is 11.9 Å². The predicted molar refractivity (Wildman–Crippen MR) is 30.4 cm³/mol. The fourth-order valence-electron chi connectivity index (χ4n) is 0.539. The Balaban J connectivity index is 3.14. The Labute approximate surface area is 48.5 Å². The molecule has 1 aromatic rings. The molecule has 1 heterocycles. The topological polar surface area (TPSA) is 26.0 Å². The van der Waals surface area contributed by atoms with E-state index in [1.165, 1.54) is 0 Å². The van der Waals surface area contributed by atoms with Gasteiger partial charge in [-0.3, -0.25) is 0 Å². The molecule has 0 unspecified atom stereocenters. The highest BCUT2D eigenvalue weighted by Gasteiger charge is 1.97. The first-order valence-corrected chi connectivity index (χ1v) is 2.46. The van der Waals surface area contributed by atoms with Crippen molar-refractivity contribution in [3.8, 4) is 0 Å². The normalized spacial score (nSPS) is 9.88. The molecule has 8 heavy (non-hydrogen) atoms. The molecule has 1 radical (unpaired) electrons. The van der Waals surface area contributed by atoms with Gasteiger partial charge in [0.15, 0.2) is 5.89 Å². The van der Waals surface area contributed by atoms with Crippen LogP contribution >= 0.6 is 0 Å². The van der Waals surface area contributed by atoms with Crippen molar-refractivity contribution in [1.29, 1.82) is 0 Å². The van der Waals surface area contributed by atoms with E-state index in [9.17, 15) is 0 Å². The van der Waals surface area contributed by atoms with E-state index < -0.39 is 0 Å². The van der Waals surface area contributed by atoms with Gasteiger partial charge in [-0.25, -0.2) is 4.98 Å². The predicted octanol–water partition coefficient (Wildman–Crippen LogP) is 1.47.